The highest BCUT2D eigenvalue weighted by Gasteiger charge is 2.35. The number of carbonyl (C=O) groups excluding carboxylic acids is 2. The lowest BCUT2D eigenvalue weighted by Gasteiger charge is -2.31. The highest BCUT2D eigenvalue weighted by molar-refractivity contribution is 7.89. The number of hydrogen-bond acceptors (Lipinski definition) is 6. The number of sulfonamides is 1. The van der Waals surface area contributed by atoms with Gasteiger partial charge in [0.1, 0.15) is 11.6 Å². The first-order chi connectivity index (χ1) is 16.1. The fraction of sp³-hybridized carbons (Fsp3) is 0.417. The maximum absolute atomic E-state index is 13.4. The maximum atomic E-state index is 13.4. The lowest BCUT2D eigenvalue weighted by molar-refractivity contribution is -0.163. The van der Waals surface area contributed by atoms with Crippen molar-refractivity contribution < 1.29 is 31.9 Å². The molecule has 0 bridgehead atoms. The third kappa shape index (κ3) is 6.12. The molecule has 1 aliphatic rings. The molecule has 1 fully saturated rings. The summed E-state index contributed by atoms with van der Waals surface area (Å²) in [5.41, 5.74) is 0.612. The van der Waals surface area contributed by atoms with Gasteiger partial charge in [0.05, 0.1) is 17.9 Å². The number of esters is 1. The molecular formula is C24H29FN2O6S. The van der Waals surface area contributed by atoms with Crippen LogP contribution in [0.2, 0.25) is 0 Å². The van der Waals surface area contributed by atoms with E-state index in [1.807, 2.05) is 0 Å². The van der Waals surface area contributed by atoms with Gasteiger partial charge in [0.2, 0.25) is 10.0 Å². The van der Waals surface area contributed by atoms with E-state index in [4.69, 9.17) is 9.47 Å². The largest absolute Gasteiger partial charge is 0.497 e. The summed E-state index contributed by atoms with van der Waals surface area (Å²) in [5.74, 6) is -1.58. The van der Waals surface area contributed by atoms with Gasteiger partial charge in [0, 0.05) is 26.7 Å². The highest BCUT2D eigenvalue weighted by Crippen LogP contribution is 2.26. The van der Waals surface area contributed by atoms with Gasteiger partial charge in [-0.3, -0.25) is 9.59 Å². The van der Waals surface area contributed by atoms with E-state index in [0.29, 0.717) is 30.7 Å². The Labute approximate surface area is 199 Å². The van der Waals surface area contributed by atoms with Gasteiger partial charge in [-0.1, -0.05) is 12.1 Å². The lowest BCUT2D eigenvalue weighted by atomic mass is 10.00. The van der Waals surface area contributed by atoms with Crippen LogP contribution in [0, 0.1) is 11.7 Å². The first-order valence-corrected chi connectivity index (χ1v) is 12.4. The van der Waals surface area contributed by atoms with E-state index < -0.39 is 39.7 Å². The number of nitrogens with zero attached hydrogens (tertiary/aromatic N) is 2. The summed E-state index contributed by atoms with van der Waals surface area (Å²) >= 11 is 0. The number of ether oxygens (including phenoxy) is 2. The van der Waals surface area contributed by atoms with Crippen LogP contribution in [0.4, 0.5) is 4.39 Å². The highest BCUT2D eigenvalue weighted by atomic mass is 32.2. The fourth-order valence-electron chi connectivity index (χ4n) is 3.87. The van der Waals surface area contributed by atoms with Crippen LogP contribution in [0.3, 0.4) is 0 Å². The zero-order valence-electron chi connectivity index (χ0n) is 19.4. The molecule has 2 unspecified atom stereocenters. The molecule has 0 aromatic heterocycles. The summed E-state index contributed by atoms with van der Waals surface area (Å²) in [6.45, 7) is 1.91. The second-order valence-electron chi connectivity index (χ2n) is 8.28. The van der Waals surface area contributed by atoms with Crippen LogP contribution < -0.4 is 4.74 Å². The first kappa shape index (κ1) is 25.6. The molecule has 1 aliphatic heterocycles. The van der Waals surface area contributed by atoms with E-state index in [9.17, 15) is 22.4 Å². The minimum absolute atomic E-state index is 0.0206. The standard InChI is InChI=1S/C24H29FN2O6S/c1-17(23(28)26(2)15-18-6-4-8-20(25)14-18)33-24(29)19-7-5-13-27(16-19)34(30,31)22-11-9-21(32-3)10-12-22/h4,6,8-12,14,17,19H,5,7,13,15-16H2,1-3H3. The van der Waals surface area contributed by atoms with Crippen LogP contribution >= 0.6 is 0 Å². The van der Waals surface area contributed by atoms with E-state index in [2.05, 4.69) is 0 Å². The van der Waals surface area contributed by atoms with Gasteiger partial charge in [-0.2, -0.15) is 4.31 Å². The molecule has 2 aromatic carbocycles. The summed E-state index contributed by atoms with van der Waals surface area (Å²) in [6.07, 6.45) is -0.0931. The number of benzene rings is 2. The Bertz CT molecular complexity index is 1120. The zero-order valence-corrected chi connectivity index (χ0v) is 20.3. The van der Waals surface area contributed by atoms with Crippen molar-refractivity contribution in [3.63, 3.8) is 0 Å². The van der Waals surface area contributed by atoms with Crippen molar-refractivity contribution in [3.05, 3.63) is 59.9 Å². The number of hydrogen-bond donors (Lipinski definition) is 0. The summed E-state index contributed by atoms with van der Waals surface area (Å²) in [5, 5.41) is 0. The topological polar surface area (TPSA) is 93.2 Å². The minimum atomic E-state index is -3.79. The number of carbonyl (C=O) groups is 2. The van der Waals surface area contributed by atoms with Gasteiger partial charge in [-0.05, 0) is 61.7 Å². The van der Waals surface area contributed by atoms with Gasteiger partial charge in [-0.15, -0.1) is 0 Å². The average molecular weight is 493 g/mol. The Morgan fingerprint density at radius 3 is 2.56 bits per heavy atom. The van der Waals surface area contributed by atoms with E-state index in [1.54, 1.807) is 31.3 Å². The van der Waals surface area contributed by atoms with E-state index >= 15 is 0 Å². The second-order valence-corrected chi connectivity index (χ2v) is 10.2. The molecule has 1 heterocycles. The fourth-order valence-corrected chi connectivity index (χ4v) is 5.39. The predicted molar refractivity (Wildman–Crippen MR) is 123 cm³/mol. The predicted octanol–water partition coefficient (Wildman–Crippen LogP) is 2.83. The van der Waals surface area contributed by atoms with Gasteiger partial charge >= 0.3 is 5.97 Å². The lowest BCUT2D eigenvalue weighted by Crippen LogP contribution is -2.44. The molecule has 0 saturated carbocycles. The number of piperidine rings is 1. The van der Waals surface area contributed by atoms with Crippen LogP contribution in [-0.4, -0.2) is 62.9 Å². The van der Waals surface area contributed by atoms with Crippen molar-refractivity contribution in [3.8, 4) is 5.75 Å². The monoisotopic (exact) mass is 492 g/mol. The molecule has 3 rings (SSSR count). The summed E-state index contributed by atoms with van der Waals surface area (Å²) in [6, 6.07) is 12.0. The molecule has 0 radical (unpaired) electrons. The molecule has 184 valence electrons. The maximum Gasteiger partial charge on any atom is 0.311 e. The first-order valence-electron chi connectivity index (χ1n) is 11.0. The van der Waals surface area contributed by atoms with Crippen molar-refractivity contribution in [2.45, 2.75) is 37.3 Å². The third-order valence-electron chi connectivity index (χ3n) is 5.74. The molecule has 8 nitrogen and oxygen atoms in total. The molecule has 1 amide bonds. The molecule has 2 aromatic rings. The van der Waals surface area contributed by atoms with Crippen LogP contribution in [-0.2, 0) is 30.9 Å². The van der Waals surface area contributed by atoms with Crippen molar-refractivity contribution in [2.24, 2.45) is 5.92 Å². The smallest absolute Gasteiger partial charge is 0.311 e. The Morgan fingerprint density at radius 2 is 1.91 bits per heavy atom. The summed E-state index contributed by atoms with van der Waals surface area (Å²) < 4.78 is 51.2. The molecule has 0 spiro atoms. The van der Waals surface area contributed by atoms with Crippen LogP contribution in [0.25, 0.3) is 0 Å². The van der Waals surface area contributed by atoms with Crippen molar-refractivity contribution in [1.82, 2.24) is 9.21 Å². The Hall–Kier alpha value is -2.98. The van der Waals surface area contributed by atoms with Crippen LogP contribution in [0.1, 0.15) is 25.3 Å². The number of halogens is 1. The normalized spacial score (nSPS) is 17.6. The summed E-state index contributed by atoms with van der Waals surface area (Å²) in [7, 11) is -0.747. The van der Waals surface area contributed by atoms with E-state index in [1.165, 1.54) is 47.5 Å². The SMILES string of the molecule is COc1ccc(S(=O)(=O)N2CCCC(C(=O)OC(C)C(=O)N(C)Cc3cccc(F)c3)C2)cc1. The van der Waals surface area contributed by atoms with Crippen molar-refractivity contribution in [1.29, 1.82) is 0 Å². The van der Waals surface area contributed by atoms with Crippen molar-refractivity contribution >= 4 is 21.9 Å². The number of amides is 1. The number of likely N-dealkylation sites (N-methyl/N-ethyl adjacent to an activating group) is 1. The molecule has 1 saturated heterocycles. The quantitative estimate of drug-likeness (QED) is 0.526. The second kappa shape index (κ2) is 11.0. The van der Waals surface area contributed by atoms with Gasteiger partial charge in [-0.25, -0.2) is 12.8 Å². The number of methoxy groups -OCH3 is 1. The Balaban J connectivity index is 1.60. The van der Waals surface area contributed by atoms with Crippen LogP contribution in [0.5, 0.6) is 5.75 Å². The molecule has 34 heavy (non-hydrogen) atoms. The van der Waals surface area contributed by atoms with Gasteiger partial charge < -0.3 is 14.4 Å². The Morgan fingerprint density at radius 1 is 1.21 bits per heavy atom. The number of rotatable bonds is 8. The van der Waals surface area contributed by atoms with Gasteiger partial charge in [0.25, 0.3) is 5.91 Å². The average Bonchev–Trinajstić information content (AvgIpc) is 2.83. The zero-order chi connectivity index (χ0) is 24.9. The molecule has 10 heteroatoms. The molecule has 0 aliphatic carbocycles. The third-order valence-corrected chi connectivity index (χ3v) is 7.62. The van der Waals surface area contributed by atoms with Crippen LogP contribution in [0.15, 0.2) is 53.4 Å². The molecular weight excluding hydrogens is 463 g/mol. The molecule has 0 N–H and O–H groups in total. The van der Waals surface area contributed by atoms with Gasteiger partial charge in [0.15, 0.2) is 6.10 Å². The van der Waals surface area contributed by atoms with Crippen molar-refractivity contribution in [2.75, 3.05) is 27.2 Å². The summed E-state index contributed by atoms with van der Waals surface area (Å²) in [4.78, 5) is 26.9. The van der Waals surface area contributed by atoms with E-state index in [-0.39, 0.29) is 18.0 Å². The minimum Gasteiger partial charge on any atom is -0.497 e. The van der Waals surface area contributed by atoms with E-state index in [0.717, 1.165) is 0 Å². The molecule has 2 atom stereocenters. The Kier molecular flexibility index (Phi) is 8.27.